The van der Waals surface area contributed by atoms with Gasteiger partial charge in [-0.15, -0.1) is 0 Å². The summed E-state index contributed by atoms with van der Waals surface area (Å²) in [6.45, 7) is 3.23. The molecule has 1 atom stereocenters. The van der Waals surface area contributed by atoms with Gasteiger partial charge in [-0.25, -0.2) is 0 Å². The minimum Gasteiger partial charge on any atom is -0.469 e. The summed E-state index contributed by atoms with van der Waals surface area (Å²) >= 11 is 0. The van der Waals surface area contributed by atoms with E-state index in [9.17, 15) is 4.79 Å². The Morgan fingerprint density at radius 1 is 0.966 bits per heavy atom. The fourth-order valence-electron chi connectivity index (χ4n) is 3.57. The van der Waals surface area contributed by atoms with E-state index in [0.717, 1.165) is 23.4 Å². The molecular formula is C25H30N2O2. The minimum atomic E-state index is 0.134. The number of carbonyl (C=O) groups is 1. The van der Waals surface area contributed by atoms with Gasteiger partial charge in [0.05, 0.1) is 6.26 Å². The van der Waals surface area contributed by atoms with Crippen LogP contribution >= 0.6 is 0 Å². The third-order valence-corrected chi connectivity index (χ3v) is 5.26. The first-order valence-corrected chi connectivity index (χ1v) is 10.2. The normalized spacial score (nSPS) is 11.8. The van der Waals surface area contributed by atoms with Crippen LogP contribution in [0.25, 0.3) is 0 Å². The summed E-state index contributed by atoms with van der Waals surface area (Å²) in [5.41, 5.74) is 3.51. The van der Waals surface area contributed by atoms with Crippen molar-refractivity contribution in [1.29, 1.82) is 0 Å². The highest BCUT2D eigenvalue weighted by Gasteiger charge is 2.20. The van der Waals surface area contributed by atoms with Gasteiger partial charge in [-0.2, -0.15) is 0 Å². The van der Waals surface area contributed by atoms with E-state index in [1.165, 1.54) is 5.56 Å². The average Bonchev–Trinajstić information content (AvgIpc) is 3.28. The van der Waals surface area contributed by atoms with Gasteiger partial charge in [-0.1, -0.05) is 49.4 Å². The second kappa shape index (κ2) is 9.97. The van der Waals surface area contributed by atoms with Crippen molar-refractivity contribution in [1.82, 2.24) is 4.90 Å². The predicted octanol–water partition coefficient (Wildman–Crippen LogP) is 5.31. The van der Waals surface area contributed by atoms with Crippen molar-refractivity contribution in [3.63, 3.8) is 0 Å². The largest absolute Gasteiger partial charge is 0.469 e. The summed E-state index contributed by atoms with van der Waals surface area (Å²) in [6, 6.07) is 22.7. The maximum atomic E-state index is 12.6. The molecule has 1 amide bonds. The molecule has 0 radical (unpaired) electrons. The van der Waals surface area contributed by atoms with Gasteiger partial charge in [-0.05, 0) is 41.8 Å². The fourth-order valence-corrected chi connectivity index (χ4v) is 3.57. The number of amides is 1. The van der Waals surface area contributed by atoms with Crippen LogP contribution < -0.4 is 4.90 Å². The van der Waals surface area contributed by atoms with Gasteiger partial charge >= 0.3 is 0 Å². The monoisotopic (exact) mass is 390 g/mol. The lowest BCUT2D eigenvalue weighted by Gasteiger charge is -2.25. The molecule has 0 spiro atoms. The molecule has 0 aliphatic carbocycles. The lowest BCUT2D eigenvalue weighted by atomic mass is 9.93. The highest BCUT2D eigenvalue weighted by molar-refractivity contribution is 5.75. The second-order valence-corrected chi connectivity index (χ2v) is 7.50. The smallest absolute Gasteiger partial charge is 0.222 e. The molecule has 152 valence electrons. The Labute approximate surface area is 173 Å². The zero-order valence-electron chi connectivity index (χ0n) is 17.5. The number of furan rings is 1. The number of anilines is 1. The van der Waals surface area contributed by atoms with Crippen molar-refractivity contribution in [2.24, 2.45) is 0 Å². The van der Waals surface area contributed by atoms with Crippen LogP contribution in [0.2, 0.25) is 0 Å². The van der Waals surface area contributed by atoms with Crippen LogP contribution in [0.3, 0.4) is 0 Å². The van der Waals surface area contributed by atoms with Gasteiger partial charge in [0.15, 0.2) is 0 Å². The predicted molar refractivity (Wildman–Crippen MR) is 118 cm³/mol. The van der Waals surface area contributed by atoms with E-state index in [1.807, 2.05) is 56.3 Å². The van der Waals surface area contributed by atoms with Crippen molar-refractivity contribution in [2.75, 3.05) is 25.5 Å². The molecule has 3 rings (SSSR count). The van der Waals surface area contributed by atoms with E-state index >= 15 is 0 Å². The van der Waals surface area contributed by atoms with Gasteiger partial charge in [-0.3, -0.25) is 4.79 Å². The maximum absolute atomic E-state index is 12.6. The minimum absolute atomic E-state index is 0.134. The first-order valence-electron chi connectivity index (χ1n) is 10.2. The zero-order valence-corrected chi connectivity index (χ0v) is 17.5. The van der Waals surface area contributed by atoms with E-state index in [1.54, 1.807) is 6.26 Å². The Morgan fingerprint density at radius 2 is 1.69 bits per heavy atom. The van der Waals surface area contributed by atoms with Crippen LogP contribution in [0.15, 0.2) is 77.4 Å². The summed E-state index contributed by atoms with van der Waals surface area (Å²) in [5.74, 6) is 1.25. The molecule has 3 aromatic rings. The lowest BCUT2D eigenvalue weighted by Crippen LogP contribution is -2.31. The molecule has 2 aromatic carbocycles. The Balaban J connectivity index is 1.74. The van der Waals surface area contributed by atoms with Crippen molar-refractivity contribution in [3.8, 4) is 0 Å². The summed E-state index contributed by atoms with van der Waals surface area (Å²) in [4.78, 5) is 16.7. The van der Waals surface area contributed by atoms with Crippen LogP contribution in [-0.4, -0.2) is 31.4 Å². The first kappa shape index (κ1) is 20.7. The van der Waals surface area contributed by atoms with E-state index in [-0.39, 0.29) is 11.8 Å². The number of hydrogen-bond acceptors (Lipinski definition) is 3. The summed E-state index contributed by atoms with van der Waals surface area (Å²) in [5, 5.41) is 0. The summed E-state index contributed by atoms with van der Waals surface area (Å²) in [6.07, 6.45) is 3.04. The molecule has 0 aliphatic rings. The molecule has 0 fully saturated rings. The zero-order chi connectivity index (χ0) is 20.6. The van der Waals surface area contributed by atoms with Crippen molar-refractivity contribution in [2.45, 2.75) is 32.2 Å². The first-order chi connectivity index (χ1) is 14.1. The van der Waals surface area contributed by atoms with Crippen LogP contribution in [0.4, 0.5) is 5.69 Å². The highest BCUT2D eigenvalue weighted by atomic mass is 16.3. The third-order valence-electron chi connectivity index (χ3n) is 5.26. The second-order valence-electron chi connectivity index (χ2n) is 7.50. The Hall–Kier alpha value is -3.01. The lowest BCUT2D eigenvalue weighted by molar-refractivity contribution is -0.131. The highest BCUT2D eigenvalue weighted by Crippen LogP contribution is 2.29. The summed E-state index contributed by atoms with van der Waals surface area (Å²) in [7, 11) is 4.06. The van der Waals surface area contributed by atoms with E-state index in [2.05, 4.69) is 41.3 Å². The third kappa shape index (κ3) is 5.50. The Kier molecular flexibility index (Phi) is 7.12. The number of nitrogens with zero attached hydrogens (tertiary/aromatic N) is 2. The van der Waals surface area contributed by atoms with Crippen LogP contribution in [-0.2, 0) is 11.3 Å². The molecule has 0 aliphatic heterocycles. The molecule has 0 saturated heterocycles. The average molecular weight is 391 g/mol. The molecule has 0 N–H and O–H groups in total. The fraction of sp³-hybridized carbons (Fsp3) is 0.320. The molecular weight excluding hydrogens is 360 g/mol. The number of benzene rings is 2. The van der Waals surface area contributed by atoms with Crippen molar-refractivity contribution >= 4 is 11.6 Å². The van der Waals surface area contributed by atoms with Crippen LogP contribution in [0, 0.1) is 0 Å². The number of hydrogen-bond donors (Lipinski definition) is 0. The molecule has 4 heteroatoms. The molecule has 0 bridgehead atoms. The Morgan fingerprint density at radius 3 is 2.28 bits per heavy atom. The van der Waals surface area contributed by atoms with E-state index in [0.29, 0.717) is 19.5 Å². The molecule has 0 saturated carbocycles. The SMILES string of the molecule is CCC(=O)N(CCC(c1ccccc1)c1ccco1)Cc1ccc(N(C)C)cc1. The van der Waals surface area contributed by atoms with Gasteiger partial charge in [0.25, 0.3) is 0 Å². The van der Waals surface area contributed by atoms with Gasteiger partial charge < -0.3 is 14.2 Å². The van der Waals surface area contributed by atoms with Crippen LogP contribution in [0.5, 0.6) is 0 Å². The van der Waals surface area contributed by atoms with Crippen molar-refractivity contribution in [3.05, 3.63) is 89.9 Å². The number of carbonyl (C=O) groups excluding carboxylic acids is 1. The molecule has 1 aromatic heterocycles. The maximum Gasteiger partial charge on any atom is 0.222 e. The summed E-state index contributed by atoms with van der Waals surface area (Å²) < 4.78 is 5.71. The number of rotatable bonds is 9. The molecule has 1 heterocycles. The van der Waals surface area contributed by atoms with Crippen molar-refractivity contribution < 1.29 is 9.21 Å². The van der Waals surface area contributed by atoms with Crippen LogP contribution in [0.1, 0.15) is 42.6 Å². The van der Waals surface area contributed by atoms with Gasteiger partial charge in [0.2, 0.25) is 5.91 Å². The molecule has 1 unspecified atom stereocenters. The van der Waals surface area contributed by atoms with Gasteiger partial charge in [0, 0.05) is 45.2 Å². The van der Waals surface area contributed by atoms with E-state index < -0.39 is 0 Å². The van der Waals surface area contributed by atoms with E-state index in [4.69, 9.17) is 4.42 Å². The quantitative estimate of drug-likeness (QED) is 0.497. The molecule has 29 heavy (non-hydrogen) atoms. The van der Waals surface area contributed by atoms with Gasteiger partial charge in [0.1, 0.15) is 5.76 Å². The standard InChI is InChI=1S/C25H30N2O2/c1-4-25(28)27(19-20-12-14-22(15-13-20)26(2)3)17-16-23(24-11-8-18-29-24)21-9-6-5-7-10-21/h5-15,18,23H,4,16-17,19H2,1-3H3. The molecule has 4 nitrogen and oxygen atoms in total. The topological polar surface area (TPSA) is 36.7 Å². The Bertz CT molecular complexity index is 871.